The molecule has 0 aliphatic heterocycles. The number of fused-ring (bicyclic) bond motifs is 1. The smallest absolute Gasteiger partial charge is 0.406 e. The summed E-state index contributed by atoms with van der Waals surface area (Å²) in [6.45, 7) is 0. The molecule has 128 valence electrons. The number of aromatic nitrogens is 3. The van der Waals surface area contributed by atoms with Crippen LogP contribution in [0.15, 0.2) is 34.8 Å². The number of halogens is 3. The van der Waals surface area contributed by atoms with Crippen LogP contribution < -0.4 is 9.46 Å². The predicted octanol–water partition coefficient (Wildman–Crippen LogP) is 2.26. The van der Waals surface area contributed by atoms with Crippen molar-refractivity contribution in [3.8, 4) is 17.0 Å². The first-order chi connectivity index (χ1) is 11.2. The van der Waals surface area contributed by atoms with Crippen LogP contribution in [0.3, 0.4) is 0 Å². The maximum absolute atomic E-state index is 12.3. The molecule has 0 fully saturated rings. The van der Waals surface area contributed by atoms with E-state index in [-0.39, 0.29) is 10.1 Å². The SMILES string of the molecule is CNS(=O)(=O)c1nn2cc(-c3cccc(OC(F)(F)F)c3)nc2s1. The molecule has 3 rings (SSSR count). The van der Waals surface area contributed by atoms with Gasteiger partial charge < -0.3 is 4.74 Å². The van der Waals surface area contributed by atoms with Gasteiger partial charge in [0.2, 0.25) is 9.30 Å². The molecule has 0 bridgehead atoms. The number of sulfonamides is 1. The van der Waals surface area contributed by atoms with E-state index in [1.807, 2.05) is 0 Å². The van der Waals surface area contributed by atoms with Gasteiger partial charge in [0.15, 0.2) is 0 Å². The van der Waals surface area contributed by atoms with Crippen LogP contribution in [-0.4, -0.2) is 36.4 Å². The highest BCUT2D eigenvalue weighted by Gasteiger charge is 2.31. The molecule has 24 heavy (non-hydrogen) atoms. The maximum atomic E-state index is 12.3. The standard InChI is InChI=1S/C12H9F3N4O3S2/c1-16-24(20,21)11-18-19-6-9(17-10(19)23-11)7-3-2-4-8(5-7)22-12(13,14)15/h2-6,16H,1H3. The van der Waals surface area contributed by atoms with E-state index in [4.69, 9.17) is 0 Å². The Morgan fingerprint density at radius 2 is 2.08 bits per heavy atom. The topological polar surface area (TPSA) is 85.6 Å². The minimum atomic E-state index is -4.79. The highest BCUT2D eigenvalue weighted by Crippen LogP contribution is 2.29. The summed E-state index contributed by atoms with van der Waals surface area (Å²) in [4.78, 5) is 4.47. The van der Waals surface area contributed by atoms with Crippen LogP contribution in [0.1, 0.15) is 0 Å². The van der Waals surface area contributed by atoms with Crippen molar-refractivity contribution in [1.29, 1.82) is 0 Å². The van der Waals surface area contributed by atoms with Crippen molar-refractivity contribution in [2.45, 2.75) is 10.7 Å². The Hall–Kier alpha value is -2.18. The number of rotatable bonds is 4. The molecule has 0 spiro atoms. The van der Waals surface area contributed by atoms with E-state index in [0.29, 0.717) is 16.2 Å². The van der Waals surface area contributed by atoms with Crippen molar-refractivity contribution in [3.05, 3.63) is 30.5 Å². The summed E-state index contributed by atoms with van der Waals surface area (Å²) in [6.07, 6.45) is -3.36. The zero-order valence-electron chi connectivity index (χ0n) is 11.9. The normalized spacial score (nSPS) is 12.7. The van der Waals surface area contributed by atoms with E-state index in [1.54, 1.807) is 6.07 Å². The lowest BCUT2D eigenvalue weighted by Gasteiger charge is -2.09. The number of nitrogens with one attached hydrogen (secondary N) is 1. The van der Waals surface area contributed by atoms with Gasteiger partial charge in [-0.3, -0.25) is 0 Å². The van der Waals surface area contributed by atoms with Gasteiger partial charge in [0.1, 0.15) is 5.75 Å². The molecule has 0 unspecified atom stereocenters. The van der Waals surface area contributed by atoms with E-state index in [9.17, 15) is 21.6 Å². The second kappa shape index (κ2) is 5.72. The van der Waals surface area contributed by atoms with Crippen LogP contribution in [0.5, 0.6) is 5.75 Å². The number of benzene rings is 1. The number of hydrogen-bond donors (Lipinski definition) is 1. The summed E-state index contributed by atoms with van der Waals surface area (Å²) in [5.41, 5.74) is 0.724. The molecule has 2 heterocycles. The molecular weight excluding hydrogens is 369 g/mol. The highest BCUT2D eigenvalue weighted by atomic mass is 32.2. The first kappa shape index (κ1) is 16.7. The monoisotopic (exact) mass is 378 g/mol. The summed E-state index contributed by atoms with van der Waals surface area (Å²) in [5, 5.41) is 3.89. The van der Waals surface area contributed by atoms with E-state index in [1.165, 1.54) is 36.0 Å². The summed E-state index contributed by atoms with van der Waals surface area (Å²) in [7, 11) is -2.42. The van der Waals surface area contributed by atoms with Crippen molar-refractivity contribution >= 4 is 26.3 Å². The van der Waals surface area contributed by atoms with Gasteiger partial charge in [0, 0.05) is 5.56 Å². The fraction of sp³-hybridized carbons (Fsp3) is 0.167. The fourth-order valence-corrected chi connectivity index (χ4v) is 3.77. The third-order valence-electron chi connectivity index (χ3n) is 2.89. The Balaban J connectivity index is 1.96. The number of alkyl halides is 3. The Morgan fingerprint density at radius 1 is 1.33 bits per heavy atom. The molecule has 0 saturated carbocycles. The molecule has 0 amide bonds. The van der Waals surface area contributed by atoms with E-state index < -0.39 is 16.4 Å². The van der Waals surface area contributed by atoms with Crippen LogP contribution in [0.2, 0.25) is 0 Å². The minimum absolute atomic E-state index is 0.159. The van der Waals surface area contributed by atoms with Crippen molar-refractivity contribution in [2.75, 3.05) is 7.05 Å². The van der Waals surface area contributed by atoms with Crippen molar-refractivity contribution in [2.24, 2.45) is 0 Å². The second-order valence-corrected chi connectivity index (χ2v) is 7.52. The minimum Gasteiger partial charge on any atom is -0.406 e. The summed E-state index contributed by atoms with van der Waals surface area (Å²) in [6, 6.07) is 5.31. The highest BCUT2D eigenvalue weighted by molar-refractivity contribution is 7.91. The van der Waals surface area contributed by atoms with Gasteiger partial charge in [-0.25, -0.2) is 22.6 Å². The Bertz CT molecular complexity index is 963. The van der Waals surface area contributed by atoms with Gasteiger partial charge in [0.05, 0.1) is 11.9 Å². The molecule has 0 atom stereocenters. The van der Waals surface area contributed by atoms with Gasteiger partial charge in [-0.1, -0.05) is 23.5 Å². The van der Waals surface area contributed by atoms with E-state index in [0.717, 1.165) is 11.3 Å². The number of imidazole rings is 1. The quantitative estimate of drug-likeness (QED) is 0.753. The number of hydrogen-bond acceptors (Lipinski definition) is 6. The Kier molecular flexibility index (Phi) is 3.97. The Morgan fingerprint density at radius 3 is 2.71 bits per heavy atom. The number of nitrogens with zero attached hydrogens (tertiary/aromatic N) is 3. The van der Waals surface area contributed by atoms with Crippen LogP contribution in [-0.2, 0) is 10.0 Å². The second-order valence-electron chi connectivity index (χ2n) is 4.50. The largest absolute Gasteiger partial charge is 0.573 e. The first-order valence-electron chi connectivity index (χ1n) is 6.34. The molecule has 0 aliphatic carbocycles. The van der Waals surface area contributed by atoms with Crippen LogP contribution in [0.25, 0.3) is 16.2 Å². The molecule has 0 aliphatic rings. The predicted molar refractivity (Wildman–Crippen MR) is 79.2 cm³/mol. The molecule has 0 saturated heterocycles. The van der Waals surface area contributed by atoms with Gasteiger partial charge in [-0.2, -0.15) is 0 Å². The summed E-state index contributed by atoms with van der Waals surface area (Å²) in [5.74, 6) is -0.372. The average Bonchev–Trinajstić information content (AvgIpc) is 3.04. The third kappa shape index (κ3) is 3.34. The van der Waals surface area contributed by atoms with Crippen molar-refractivity contribution in [1.82, 2.24) is 19.3 Å². The van der Waals surface area contributed by atoms with Gasteiger partial charge in [-0.15, -0.1) is 18.3 Å². The molecule has 1 aromatic carbocycles. The van der Waals surface area contributed by atoms with Gasteiger partial charge in [-0.05, 0) is 19.2 Å². The molecule has 7 nitrogen and oxygen atoms in total. The third-order valence-corrected chi connectivity index (χ3v) is 5.59. The van der Waals surface area contributed by atoms with Gasteiger partial charge >= 0.3 is 6.36 Å². The zero-order chi connectivity index (χ0) is 17.5. The maximum Gasteiger partial charge on any atom is 0.573 e. The van der Waals surface area contributed by atoms with E-state index >= 15 is 0 Å². The van der Waals surface area contributed by atoms with Crippen LogP contribution >= 0.6 is 11.3 Å². The summed E-state index contributed by atoms with van der Waals surface area (Å²) < 4.78 is 67.3. The van der Waals surface area contributed by atoms with Crippen molar-refractivity contribution < 1.29 is 26.3 Å². The lowest BCUT2D eigenvalue weighted by molar-refractivity contribution is -0.274. The summed E-state index contributed by atoms with van der Waals surface area (Å²) >= 11 is 0.838. The van der Waals surface area contributed by atoms with Crippen LogP contribution in [0, 0.1) is 0 Å². The van der Waals surface area contributed by atoms with E-state index in [2.05, 4.69) is 19.5 Å². The molecule has 0 radical (unpaired) electrons. The number of ether oxygens (including phenoxy) is 1. The molecule has 12 heteroatoms. The fourth-order valence-electron chi connectivity index (χ4n) is 1.87. The Labute approximate surface area is 137 Å². The van der Waals surface area contributed by atoms with Gasteiger partial charge in [0.25, 0.3) is 10.0 Å². The molecule has 2 aromatic heterocycles. The zero-order valence-corrected chi connectivity index (χ0v) is 13.5. The molecule has 1 N–H and O–H groups in total. The molecule has 3 aromatic rings. The lowest BCUT2D eigenvalue weighted by Crippen LogP contribution is -2.18. The lowest BCUT2D eigenvalue weighted by atomic mass is 10.1. The molecular formula is C12H9F3N4O3S2. The average molecular weight is 378 g/mol. The first-order valence-corrected chi connectivity index (χ1v) is 8.64. The van der Waals surface area contributed by atoms with Crippen LogP contribution in [0.4, 0.5) is 13.2 Å². The van der Waals surface area contributed by atoms with Crippen molar-refractivity contribution in [3.63, 3.8) is 0 Å².